The molecule has 7 N–H and O–H groups in total. The number of sulfonamides is 2. The molecular formula is C80H121ClN12O18S2Si2. The molecule has 2 aromatic carbocycles. The average molecular weight is 1690 g/mol. The van der Waals surface area contributed by atoms with Crippen LogP contribution in [0, 0.1) is 11.8 Å². The minimum Gasteiger partial charge on any atom is -0.459 e. The Balaban J connectivity index is 0.000000207. The number of fused-ring (bicyclic) bond motifs is 6. The molecule has 636 valence electrons. The highest BCUT2D eigenvalue weighted by atomic mass is 35.5. The number of allylic oxidation sites excluding steroid dienone is 2. The second-order valence-electron chi connectivity index (χ2n) is 37.0. The third kappa shape index (κ3) is 23.5. The molecule has 4 aromatic rings. The fourth-order valence-electron chi connectivity index (χ4n) is 14.4. The van der Waals surface area contributed by atoms with Gasteiger partial charge < -0.3 is 59.9 Å². The molecule has 35 heteroatoms. The van der Waals surface area contributed by atoms with Crippen molar-refractivity contribution in [3.63, 3.8) is 0 Å². The molecular weight excluding hydrogens is 1570 g/mol. The molecule has 4 aliphatic carbocycles. The van der Waals surface area contributed by atoms with Crippen LogP contribution in [0.25, 0.3) is 22.1 Å². The first-order chi connectivity index (χ1) is 53.7. The number of hydrogen-bond acceptors (Lipinski definition) is 20. The van der Waals surface area contributed by atoms with Crippen molar-refractivity contribution < 1.29 is 84.0 Å². The normalized spacial score (nSPS) is 27.0. The Morgan fingerprint density at radius 1 is 0.591 bits per heavy atom. The van der Waals surface area contributed by atoms with Crippen LogP contribution in [0.3, 0.4) is 0 Å². The van der Waals surface area contributed by atoms with Crippen LogP contribution < -0.4 is 35.4 Å². The number of carbonyl (C=O) groups excluding carboxylic acids is 8. The van der Waals surface area contributed by atoms with Gasteiger partial charge in [0.2, 0.25) is 49.0 Å². The van der Waals surface area contributed by atoms with Crippen LogP contribution in [-0.2, 0) is 81.2 Å². The zero-order valence-corrected chi connectivity index (χ0v) is 73.6. The largest absolute Gasteiger partial charge is 0.459 e. The van der Waals surface area contributed by atoms with Gasteiger partial charge in [-0.2, -0.15) is 4.98 Å². The molecule has 12 rings (SSSR count). The number of carbonyl (C=O) groups is 8. The molecule has 2 aromatic heterocycles. The summed E-state index contributed by atoms with van der Waals surface area (Å²) in [6.07, 6.45) is 13.1. The van der Waals surface area contributed by atoms with Crippen molar-refractivity contribution in [1.82, 2.24) is 59.6 Å². The summed E-state index contributed by atoms with van der Waals surface area (Å²) >= 11 is 6.12. The van der Waals surface area contributed by atoms with E-state index in [1.807, 2.05) is 82.0 Å². The molecule has 115 heavy (non-hydrogen) atoms. The number of nitrogens with one attached hydrogen (secondary N) is 6. The highest BCUT2D eigenvalue weighted by Gasteiger charge is 2.65. The van der Waals surface area contributed by atoms with E-state index in [1.165, 1.54) is 9.80 Å². The van der Waals surface area contributed by atoms with Crippen molar-refractivity contribution in [2.24, 2.45) is 11.8 Å². The maximum absolute atomic E-state index is 14.6. The van der Waals surface area contributed by atoms with E-state index < -0.39 is 164 Å². The topological polar surface area (TPSA) is 386 Å². The van der Waals surface area contributed by atoms with Gasteiger partial charge in [-0.05, 0) is 180 Å². The van der Waals surface area contributed by atoms with Gasteiger partial charge in [0, 0.05) is 60.6 Å². The number of rotatable bonds is 20. The molecule has 2 saturated heterocycles. The summed E-state index contributed by atoms with van der Waals surface area (Å²) in [7, 11) is -10.3. The van der Waals surface area contributed by atoms with Crippen LogP contribution in [0.4, 0.5) is 9.59 Å². The Hall–Kier alpha value is -7.48. The van der Waals surface area contributed by atoms with Crippen molar-refractivity contribution in [1.29, 1.82) is 0 Å². The molecule has 8 amide bonds. The van der Waals surface area contributed by atoms with Gasteiger partial charge in [0.25, 0.3) is 17.8 Å². The first kappa shape index (κ1) is 89.9. The molecule has 0 spiro atoms. The summed E-state index contributed by atoms with van der Waals surface area (Å²) in [4.78, 5) is 121. The first-order valence-electron chi connectivity index (χ1n) is 40.5. The van der Waals surface area contributed by atoms with Crippen molar-refractivity contribution in [2.45, 2.75) is 304 Å². The number of amides is 8. The highest BCUT2D eigenvalue weighted by Crippen LogP contribution is 2.50. The average Bonchev–Trinajstić information content (AvgIpc) is 1.57. The summed E-state index contributed by atoms with van der Waals surface area (Å²) in [5, 5.41) is 22.0. The van der Waals surface area contributed by atoms with Crippen LogP contribution in [0.1, 0.15) is 171 Å². The third-order valence-corrected chi connectivity index (χ3v) is 30.3. The Bertz CT molecular complexity index is 4520. The quantitative estimate of drug-likeness (QED) is 0.0246. The summed E-state index contributed by atoms with van der Waals surface area (Å²) < 4.78 is 87.4. The van der Waals surface area contributed by atoms with Gasteiger partial charge in [-0.3, -0.25) is 47.3 Å². The van der Waals surface area contributed by atoms with E-state index in [0.717, 1.165) is 60.9 Å². The lowest BCUT2D eigenvalue weighted by atomic mass is 10.0. The van der Waals surface area contributed by atoms with Crippen molar-refractivity contribution in [3.8, 4) is 6.01 Å². The zero-order valence-electron chi connectivity index (χ0n) is 69.2. The summed E-state index contributed by atoms with van der Waals surface area (Å²) in [5.41, 5.74) is -1.13. The smallest absolute Gasteiger partial charge is 0.408 e. The van der Waals surface area contributed by atoms with Gasteiger partial charge in [-0.15, -0.1) is 0 Å². The van der Waals surface area contributed by atoms with Gasteiger partial charge >= 0.3 is 12.2 Å². The SMILES string of the molecule is CC(C)(C)OC(=O)N[C@H]1CCCCC/C=C\[C@@H]2C[C@@]2(C(=O)NS(=O)(=O)C2(C)CC2)NC(=O)[C@@H]2C[C@@H](O)CN2C1=O.CC(C)(C)OC(=O)N[C@H]1CCCCC/C=C\[C@@H]2C[C@@]2(C(=O)NS(=O)(=O)C2(C)CC2)NC(=O)[C@@H]2C[C@@H](Oc3nc4ccccc4n3COCC[Si](C)(C)C)CN2C1=O.C[Si](C)(C)CCOCn1c(Cl)nc2ccccc21. The molecule has 8 aliphatic rings. The number of halogens is 1. The van der Waals surface area contributed by atoms with Gasteiger partial charge in [0.05, 0.1) is 44.2 Å². The number of aromatic nitrogens is 4. The van der Waals surface area contributed by atoms with E-state index >= 15 is 0 Å². The van der Waals surface area contributed by atoms with Gasteiger partial charge in [0.15, 0.2) is 0 Å². The Kier molecular flexibility index (Phi) is 28.1. The molecule has 30 nitrogen and oxygen atoms in total. The molecule has 4 saturated carbocycles. The number of aliphatic hydroxyl groups excluding tert-OH is 1. The standard InChI is InChI=1S/C40H60N6O9SSi.C27H42N4O8S.C13H19ClN2OSi/c1-38(2,3)55-37(50)42-30-17-12-10-8-9-11-15-27-24-40(27,35(49)44-56(51,52)39(4)19-20-39)43-33(47)32-23-28(25-45(32)34(30)48)54-36-41-29-16-13-14-18-31(29)46(36)26-53-21-22-57(5,6)7;1-25(2,3)39-24(36)28-19-11-9-7-5-6-8-10-17-15-27(17,23(35)30-40(37,38)26(4)12-13-26)29-21(33)20-14-18(32)16-31(20)22(19)34;1-18(2,3)9-8-17-10-16-12-7-5-4-6-11(12)15-13(16)14/h11,13-16,18,27-28,30,32H,8-10,12,17,19-26H2,1-7H3,(H,42,50)(H,43,47)(H,44,49);8,10,17-20,32H,5-7,9,11-16H2,1-4H3,(H,28,36)(H,29,33)(H,30,35);4-7H,8-10H2,1-3H3/b15-11-;10-8-;/t27-,28-,30+,32+,40-;17-,18-,19+,20+,27-;/m11./s1. The van der Waals surface area contributed by atoms with Crippen LogP contribution in [-0.4, -0.2) is 209 Å². The van der Waals surface area contributed by atoms with Crippen molar-refractivity contribution in [3.05, 3.63) is 78.1 Å². The monoisotopic (exact) mass is 1690 g/mol. The van der Waals surface area contributed by atoms with E-state index in [-0.39, 0.29) is 51.5 Å². The van der Waals surface area contributed by atoms with E-state index in [9.17, 15) is 60.3 Å². The highest BCUT2D eigenvalue weighted by molar-refractivity contribution is 7.92. The minimum absolute atomic E-state index is 0.0155. The lowest BCUT2D eigenvalue weighted by molar-refractivity contribution is -0.141. The van der Waals surface area contributed by atoms with E-state index in [1.54, 1.807) is 55.4 Å². The Morgan fingerprint density at radius 2 is 1.01 bits per heavy atom. The number of para-hydroxylation sites is 4. The second-order valence-corrected chi connectivity index (χ2v) is 53.0. The number of aliphatic hydroxyl groups is 1. The Labute approximate surface area is 683 Å². The molecule has 0 unspecified atom stereocenters. The predicted molar refractivity (Wildman–Crippen MR) is 441 cm³/mol. The molecule has 4 aliphatic heterocycles. The summed E-state index contributed by atoms with van der Waals surface area (Å²) in [6, 6.07) is 13.7. The van der Waals surface area contributed by atoms with Crippen molar-refractivity contribution >= 4 is 117 Å². The fraction of sp³-hybridized carbons (Fsp3) is 0.675. The van der Waals surface area contributed by atoms with Gasteiger partial charge in [-0.25, -0.2) is 31.4 Å². The number of benzene rings is 2. The molecule has 6 fully saturated rings. The third-order valence-electron chi connectivity index (χ3n) is 22.3. The first-order valence-corrected chi connectivity index (χ1v) is 51.3. The van der Waals surface area contributed by atoms with Gasteiger partial charge in [-0.1, -0.05) is 114 Å². The maximum Gasteiger partial charge on any atom is 0.408 e. The lowest BCUT2D eigenvalue weighted by Crippen LogP contribution is -2.58. The molecule has 0 bridgehead atoms. The molecule has 0 radical (unpaired) electrons. The summed E-state index contributed by atoms with van der Waals surface area (Å²) in [6.45, 7) is 29.3. The predicted octanol–water partition coefficient (Wildman–Crippen LogP) is 10.2. The van der Waals surface area contributed by atoms with Crippen LogP contribution in [0.2, 0.25) is 56.7 Å². The van der Waals surface area contributed by atoms with E-state index in [2.05, 4.69) is 75.0 Å². The number of imidazole rings is 2. The lowest BCUT2D eigenvalue weighted by Gasteiger charge is -2.30. The van der Waals surface area contributed by atoms with Crippen LogP contribution in [0.15, 0.2) is 72.8 Å². The van der Waals surface area contributed by atoms with Gasteiger partial charge in [0.1, 0.15) is 66.0 Å². The summed E-state index contributed by atoms with van der Waals surface area (Å²) in [5.74, 6) is -4.71. The van der Waals surface area contributed by atoms with Crippen LogP contribution in [0.5, 0.6) is 6.01 Å². The van der Waals surface area contributed by atoms with E-state index in [0.29, 0.717) is 88.3 Å². The minimum atomic E-state index is -3.99. The maximum atomic E-state index is 14.6. The number of nitrogens with zero attached hydrogens (tertiary/aromatic N) is 6. The number of alkyl carbamates (subject to hydrolysis) is 2. The second kappa shape index (κ2) is 36.0. The molecule has 10 atom stereocenters. The van der Waals surface area contributed by atoms with E-state index in [4.69, 9.17) is 40.3 Å². The fourth-order valence-corrected chi connectivity index (χ4v) is 18.7. The zero-order chi connectivity index (χ0) is 84.1. The Morgan fingerprint density at radius 3 is 1.45 bits per heavy atom. The van der Waals surface area contributed by atoms with Crippen LogP contribution >= 0.6 is 11.6 Å². The number of hydrogen-bond donors (Lipinski definition) is 7. The van der Waals surface area contributed by atoms with Crippen molar-refractivity contribution in [2.75, 3.05) is 26.3 Å². The molecule has 6 heterocycles. The number of ether oxygens (including phenoxy) is 5.